The van der Waals surface area contributed by atoms with Gasteiger partial charge in [-0.1, -0.05) is 83.1 Å². The molecule has 0 aliphatic carbocycles. The number of rotatable bonds is 14. The van der Waals surface area contributed by atoms with Crippen molar-refractivity contribution in [2.75, 3.05) is 13.2 Å². The zero-order chi connectivity index (χ0) is 32.4. The van der Waals surface area contributed by atoms with Gasteiger partial charge in [0, 0.05) is 0 Å². The lowest BCUT2D eigenvalue weighted by Gasteiger charge is -2.45. The maximum Gasteiger partial charge on any atom is 0.509 e. The molecule has 3 heterocycles. The van der Waals surface area contributed by atoms with Gasteiger partial charge < -0.3 is 42.7 Å². The molecule has 250 valence electrons. The number of ether oxygens (including phenoxy) is 5. The fourth-order valence-electron chi connectivity index (χ4n) is 8.17. The molecule has 0 bridgehead atoms. The third kappa shape index (κ3) is 7.21. The first-order valence-electron chi connectivity index (χ1n) is 16.1. The van der Waals surface area contributed by atoms with Crippen molar-refractivity contribution >= 4 is 22.8 Å². The minimum atomic E-state index is -2.27. The summed E-state index contributed by atoms with van der Waals surface area (Å²) in [6.07, 6.45) is -5.40. The van der Waals surface area contributed by atoms with Gasteiger partial charge in [0.15, 0.2) is 26.8 Å². The standard InChI is InChI=1S/C31H58O10Si2/c1-17(2)42(18(3)4,19(5)6)36-15-24-26(32)23(13-14-35-24)38-30-27(33)29-28(40-31(34)41-29)25(39-30)16-37-43(20(7)8,21(9)10)22(11)12/h13-14,17-30,32-33H,15-16H2,1-12H3/t23?,24?,25?,26-,27?,28+,29?,30-/m1/s1. The molecule has 0 radical (unpaired) electrons. The highest BCUT2D eigenvalue weighted by Crippen LogP contribution is 2.44. The molecule has 2 fully saturated rings. The van der Waals surface area contributed by atoms with Gasteiger partial charge in [0.05, 0.1) is 19.5 Å². The highest BCUT2D eigenvalue weighted by atomic mass is 28.4. The number of fused-ring (bicyclic) bond motifs is 1. The van der Waals surface area contributed by atoms with Crippen molar-refractivity contribution < 1.29 is 47.5 Å². The van der Waals surface area contributed by atoms with E-state index in [2.05, 4.69) is 83.1 Å². The van der Waals surface area contributed by atoms with Crippen LogP contribution in [0, 0.1) is 0 Å². The molecule has 12 heteroatoms. The quantitative estimate of drug-likeness (QED) is 0.171. The first-order chi connectivity index (χ1) is 20.0. The Kier molecular flexibility index (Phi) is 12.4. The summed E-state index contributed by atoms with van der Waals surface area (Å²) in [7, 11) is -4.46. The normalized spacial score (nSPS) is 31.8. The number of aliphatic hydroxyl groups is 2. The van der Waals surface area contributed by atoms with E-state index in [9.17, 15) is 15.0 Å². The molecule has 0 aromatic rings. The van der Waals surface area contributed by atoms with Gasteiger partial charge >= 0.3 is 6.16 Å². The van der Waals surface area contributed by atoms with Gasteiger partial charge in [-0.2, -0.15) is 0 Å². The Morgan fingerprint density at radius 2 is 1.14 bits per heavy atom. The number of hydrogen-bond donors (Lipinski definition) is 2. The number of carbonyl (C=O) groups excluding carboxylic acids is 1. The van der Waals surface area contributed by atoms with Crippen LogP contribution in [0.4, 0.5) is 4.79 Å². The monoisotopic (exact) mass is 646 g/mol. The van der Waals surface area contributed by atoms with Crippen LogP contribution in [0.2, 0.25) is 33.2 Å². The van der Waals surface area contributed by atoms with Crippen LogP contribution in [0.15, 0.2) is 12.3 Å². The first-order valence-corrected chi connectivity index (χ1v) is 20.4. The van der Waals surface area contributed by atoms with Gasteiger partial charge in [-0.05, 0) is 39.3 Å². The highest BCUT2D eigenvalue weighted by molar-refractivity contribution is 6.78. The first kappa shape index (κ1) is 36.5. The van der Waals surface area contributed by atoms with Crippen molar-refractivity contribution in [1.82, 2.24) is 0 Å². The summed E-state index contributed by atoms with van der Waals surface area (Å²) >= 11 is 0. The fraction of sp³-hybridized carbons (Fsp3) is 0.903. The van der Waals surface area contributed by atoms with Crippen molar-refractivity contribution in [2.24, 2.45) is 0 Å². The summed E-state index contributed by atoms with van der Waals surface area (Å²) in [5.41, 5.74) is 2.18. The Labute approximate surface area is 261 Å². The zero-order valence-electron chi connectivity index (χ0n) is 28.3. The molecule has 0 saturated carbocycles. The molecule has 2 N–H and O–H groups in total. The summed E-state index contributed by atoms with van der Waals surface area (Å²) in [5.74, 6) is 0. The molecule has 8 atom stereocenters. The summed E-state index contributed by atoms with van der Waals surface area (Å²) in [5, 5.41) is 22.5. The second kappa shape index (κ2) is 14.6. The van der Waals surface area contributed by atoms with Crippen molar-refractivity contribution in [3.05, 3.63) is 12.3 Å². The lowest BCUT2D eigenvalue weighted by molar-refractivity contribution is -0.299. The van der Waals surface area contributed by atoms with Gasteiger partial charge in [-0.3, -0.25) is 0 Å². The van der Waals surface area contributed by atoms with Gasteiger partial charge in [-0.25, -0.2) is 4.79 Å². The van der Waals surface area contributed by atoms with Crippen LogP contribution >= 0.6 is 0 Å². The average Bonchev–Trinajstić information content (AvgIpc) is 3.29. The minimum Gasteiger partial charge on any atom is -0.493 e. The molecule has 2 saturated heterocycles. The van der Waals surface area contributed by atoms with Gasteiger partial charge in [-0.15, -0.1) is 0 Å². The molecule has 3 rings (SSSR count). The maximum absolute atomic E-state index is 12.2. The van der Waals surface area contributed by atoms with Crippen LogP contribution < -0.4 is 0 Å². The predicted octanol–water partition coefficient (Wildman–Crippen LogP) is 6.02. The molecule has 3 aliphatic rings. The van der Waals surface area contributed by atoms with E-state index in [1.54, 1.807) is 6.08 Å². The summed E-state index contributed by atoms with van der Waals surface area (Å²) in [6, 6.07) is 0. The lowest BCUT2D eigenvalue weighted by atomic mass is 9.99. The Balaban J connectivity index is 1.76. The highest BCUT2D eigenvalue weighted by Gasteiger charge is 2.56. The molecule has 0 aromatic heterocycles. The second-order valence-corrected chi connectivity index (χ2v) is 25.2. The molecule has 10 nitrogen and oxygen atoms in total. The van der Waals surface area contributed by atoms with Gasteiger partial charge in [0.2, 0.25) is 8.32 Å². The van der Waals surface area contributed by atoms with Gasteiger partial charge in [0.1, 0.15) is 30.5 Å². The Hall–Kier alpha value is -0.996. The van der Waals surface area contributed by atoms with Crippen molar-refractivity contribution in [3.8, 4) is 0 Å². The van der Waals surface area contributed by atoms with E-state index in [-0.39, 0.29) is 13.2 Å². The van der Waals surface area contributed by atoms with E-state index < -0.39 is 71.8 Å². The van der Waals surface area contributed by atoms with E-state index >= 15 is 0 Å². The van der Waals surface area contributed by atoms with Crippen LogP contribution in [0.3, 0.4) is 0 Å². The molecular formula is C31H58O10Si2. The molecule has 0 amide bonds. The van der Waals surface area contributed by atoms with Crippen molar-refractivity contribution in [1.29, 1.82) is 0 Å². The molecular weight excluding hydrogens is 589 g/mol. The van der Waals surface area contributed by atoms with Crippen molar-refractivity contribution in [3.63, 3.8) is 0 Å². The Bertz CT molecular complexity index is 896. The topological polar surface area (TPSA) is 122 Å². The third-order valence-electron chi connectivity index (χ3n) is 10.0. The SMILES string of the molecule is CC(C)[Si](OCC1OC=CC(O[C@@H]2OC(CO[Si](C(C)C)(C(C)C)C(C)C)[C@@H]3OC(=O)OC3C2O)[C@H]1O)(C(C)C)C(C)C. The number of hydrogen-bond acceptors (Lipinski definition) is 10. The number of aliphatic hydroxyl groups excluding tert-OH is 2. The molecule has 0 aromatic carbocycles. The van der Waals surface area contributed by atoms with E-state index in [4.69, 9.17) is 32.5 Å². The van der Waals surface area contributed by atoms with E-state index in [1.165, 1.54) is 6.26 Å². The Morgan fingerprint density at radius 1 is 0.698 bits per heavy atom. The van der Waals surface area contributed by atoms with E-state index in [0.717, 1.165) is 0 Å². The molecule has 3 aliphatic heterocycles. The fourth-order valence-corrected chi connectivity index (χ4v) is 19.1. The minimum absolute atomic E-state index is 0.167. The summed E-state index contributed by atoms with van der Waals surface area (Å²) in [4.78, 5) is 12.2. The third-order valence-corrected chi connectivity index (χ3v) is 22.2. The zero-order valence-corrected chi connectivity index (χ0v) is 30.3. The molecule has 43 heavy (non-hydrogen) atoms. The van der Waals surface area contributed by atoms with Crippen LogP contribution in [-0.2, 0) is 32.5 Å². The van der Waals surface area contributed by atoms with Crippen LogP contribution in [0.5, 0.6) is 0 Å². The molecule has 5 unspecified atom stereocenters. The Morgan fingerprint density at radius 3 is 1.60 bits per heavy atom. The summed E-state index contributed by atoms with van der Waals surface area (Å²) < 4.78 is 42.5. The molecule has 0 spiro atoms. The summed E-state index contributed by atoms with van der Waals surface area (Å²) in [6.45, 7) is 26.8. The smallest absolute Gasteiger partial charge is 0.493 e. The van der Waals surface area contributed by atoms with E-state index in [0.29, 0.717) is 33.2 Å². The second-order valence-electron chi connectivity index (χ2n) is 14.3. The van der Waals surface area contributed by atoms with Gasteiger partial charge in [0.25, 0.3) is 0 Å². The number of carbonyl (C=O) groups is 1. The lowest BCUT2D eigenvalue weighted by Crippen LogP contribution is -2.61. The largest absolute Gasteiger partial charge is 0.509 e. The van der Waals surface area contributed by atoms with E-state index in [1.807, 2.05) is 0 Å². The van der Waals surface area contributed by atoms with Crippen LogP contribution in [0.1, 0.15) is 83.1 Å². The van der Waals surface area contributed by atoms with Crippen LogP contribution in [-0.4, -0.2) is 95.2 Å². The van der Waals surface area contributed by atoms with Crippen molar-refractivity contribution in [2.45, 2.75) is 165 Å². The average molecular weight is 647 g/mol. The maximum atomic E-state index is 12.2. The predicted molar refractivity (Wildman–Crippen MR) is 169 cm³/mol. The van der Waals surface area contributed by atoms with Crippen LogP contribution in [0.25, 0.3) is 0 Å².